The van der Waals surface area contributed by atoms with E-state index in [-0.39, 0.29) is 0 Å². The highest BCUT2D eigenvalue weighted by Gasteiger charge is 2.60. The zero-order valence-electron chi connectivity index (χ0n) is 20.8. The summed E-state index contributed by atoms with van der Waals surface area (Å²) in [4.78, 5) is 0. The smallest absolute Gasteiger partial charge is 0.396 e. The van der Waals surface area contributed by atoms with Crippen molar-refractivity contribution in [2.75, 3.05) is 13.2 Å². The Labute approximate surface area is 189 Å². The van der Waals surface area contributed by atoms with Crippen LogP contribution in [-0.4, -0.2) is 56.0 Å². The molecule has 174 valence electrons. The van der Waals surface area contributed by atoms with E-state index in [2.05, 4.69) is 64.5 Å². The molecule has 0 saturated carbocycles. The Morgan fingerprint density at radius 3 is 1.40 bits per heavy atom. The molecule has 0 aliphatic heterocycles. The Balaban J connectivity index is 3.52. The second kappa shape index (κ2) is 10.8. The maximum absolute atomic E-state index is 6.91. The largest absolute Gasteiger partial charge is 0.640 e. The predicted molar refractivity (Wildman–Crippen MR) is 135 cm³/mol. The van der Waals surface area contributed by atoms with Gasteiger partial charge in [0, 0.05) is 19.8 Å². The minimum atomic E-state index is -3.60. The molecule has 0 bridgehead atoms. The van der Waals surface area contributed by atoms with Gasteiger partial charge in [0.25, 0.3) is 0 Å². The minimum Gasteiger partial charge on any atom is -0.396 e. The van der Waals surface area contributed by atoms with Crippen LogP contribution in [0.2, 0.25) is 58.9 Å². The molecule has 0 atom stereocenters. The number of hydrogen-bond donors (Lipinski definition) is 0. The summed E-state index contributed by atoms with van der Waals surface area (Å²) in [7, 11) is -13.2. The van der Waals surface area contributed by atoms with Gasteiger partial charge < -0.3 is 25.3 Å². The van der Waals surface area contributed by atoms with Crippen LogP contribution in [0.3, 0.4) is 0 Å². The first-order valence-corrected chi connectivity index (χ1v) is 24.3. The quantitative estimate of drug-likeness (QED) is 0.354. The lowest BCUT2D eigenvalue weighted by atomic mass is 10.4. The molecule has 1 aromatic carbocycles. The standard InChI is InChI=1S/C19H42O6Si5/c1-12-20-29(11,21-13-2)25-30(22-26(3,4)5,23-27(6,7)8)24-28(9,10)19-17-15-14-16-18-19/h14-18H,12-13H2,1-11H3. The van der Waals surface area contributed by atoms with Gasteiger partial charge in [0.1, 0.15) is 0 Å². The molecule has 30 heavy (non-hydrogen) atoms. The van der Waals surface area contributed by atoms with E-state index in [1.54, 1.807) is 0 Å². The molecule has 0 saturated heterocycles. The van der Waals surface area contributed by atoms with Crippen molar-refractivity contribution in [3.8, 4) is 0 Å². The molecule has 0 aromatic heterocycles. The van der Waals surface area contributed by atoms with Gasteiger partial charge in [0.2, 0.25) is 8.32 Å². The third-order valence-corrected chi connectivity index (χ3v) is 19.6. The molecule has 0 radical (unpaired) electrons. The first kappa shape index (κ1) is 28.1. The highest BCUT2D eigenvalue weighted by atomic mass is 28.5. The molecule has 1 rings (SSSR count). The summed E-state index contributed by atoms with van der Waals surface area (Å²) >= 11 is 0. The van der Waals surface area contributed by atoms with Crippen molar-refractivity contribution in [3.05, 3.63) is 30.3 Å². The molecule has 0 fully saturated rings. The predicted octanol–water partition coefficient (Wildman–Crippen LogP) is 4.91. The zero-order valence-corrected chi connectivity index (χ0v) is 25.8. The molecule has 1 aromatic rings. The molecule has 0 aliphatic rings. The average molecular weight is 507 g/mol. The van der Waals surface area contributed by atoms with E-state index in [1.807, 2.05) is 38.6 Å². The minimum absolute atomic E-state index is 0.493. The molecule has 0 amide bonds. The van der Waals surface area contributed by atoms with Crippen LogP contribution in [0.15, 0.2) is 30.3 Å². The van der Waals surface area contributed by atoms with E-state index in [1.165, 1.54) is 5.19 Å². The van der Waals surface area contributed by atoms with Crippen LogP contribution in [0.5, 0.6) is 0 Å². The van der Waals surface area contributed by atoms with Crippen molar-refractivity contribution in [2.45, 2.75) is 72.8 Å². The summed E-state index contributed by atoms with van der Waals surface area (Å²) in [5.74, 6) is 0. The van der Waals surface area contributed by atoms with Gasteiger partial charge in [-0.1, -0.05) is 30.3 Å². The topological polar surface area (TPSA) is 55.4 Å². The van der Waals surface area contributed by atoms with Gasteiger partial charge in [0.15, 0.2) is 16.6 Å². The molecular formula is C19H42O6Si5. The van der Waals surface area contributed by atoms with Gasteiger partial charge in [-0.05, 0) is 71.4 Å². The molecule has 0 aliphatic carbocycles. The molecule has 0 heterocycles. The van der Waals surface area contributed by atoms with Crippen molar-refractivity contribution in [3.63, 3.8) is 0 Å². The van der Waals surface area contributed by atoms with E-state index >= 15 is 0 Å². The van der Waals surface area contributed by atoms with Crippen LogP contribution in [0.25, 0.3) is 0 Å². The van der Waals surface area contributed by atoms with Crippen molar-refractivity contribution in [2.24, 2.45) is 0 Å². The van der Waals surface area contributed by atoms with Gasteiger partial charge >= 0.3 is 17.9 Å². The summed E-state index contributed by atoms with van der Waals surface area (Å²) in [5, 5.41) is 1.17. The third kappa shape index (κ3) is 9.69. The highest BCUT2D eigenvalue weighted by Crippen LogP contribution is 2.30. The fraction of sp³-hybridized carbons (Fsp3) is 0.684. The normalized spacial score (nSPS) is 14.2. The average Bonchev–Trinajstić information content (AvgIpc) is 2.51. The maximum atomic E-state index is 6.91. The first-order chi connectivity index (χ1) is 13.6. The molecule has 0 N–H and O–H groups in total. The van der Waals surface area contributed by atoms with Gasteiger partial charge in [-0.3, -0.25) is 0 Å². The van der Waals surface area contributed by atoms with Gasteiger partial charge in [-0.25, -0.2) is 0 Å². The number of rotatable bonds is 13. The van der Waals surface area contributed by atoms with Crippen LogP contribution in [0.1, 0.15) is 13.8 Å². The van der Waals surface area contributed by atoms with Gasteiger partial charge in [-0.15, -0.1) is 0 Å². The third-order valence-electron chi connectivity index (χ3n) is 3.83. The lowest BCUT2D eigenvalue weighted by Gasteiger charge is -2.44. The second-order valence-electron chi connectivity index (χ2n) is 9.74. The second-order valence-corrected chi connectivity index (χ2v) is 28.4. The van der Waals surface area contributed by atoms with Crippen LogP contribution in [0.4, 0.5) is 0 Å². The lowest BCUT2D eigenvalue weighted by Crippen LogP contribution is -2.69. The van der Waals surface area contributed by atoms with Crippen LogP contribution >= 0.6 is 0 Å². The van der Waals surface area contributed by atoms with Gasteiger partial charge in [0.05, 0.1) is 0 Å². The van der Waals surface area contributed by atoms with Crippen LogP contribution < -0.4 is 5.19 Å². The summed E-state index contributed by atoms with van der Waals surface area (Å²) in [5.41, 5.74) is 0. The van der Waals surface area contributed by atoms with E-state index in [4.69, 9.17) is 25.3 Å². The van der Waals surface area contributed by atoms with Gasteiger partial charge in [-0.2, -0.15) is 0 Å². The highest BCUT2D eigenvalue weighted by molar-refractivity contribution is 6.94. The van der Waals surface area contributed by atoms with Crippen molar-refractivity contribution in [1.82, 2.24) is 0 Å². The maximum Gasteiger partial charge on any atom is 0.640 e. The van der Waals surface area contributed by atoms with E-state index in [0.717, 1.165) is 0 Å². The Morgan fingerprint density at radius 2 is 1.03 bits per heavy atom. The fourth-order valence-corrected chi connectivity index (χ4v) is 19.6. The van der Waals surface area contributed by atoms with Crippen molar-refractivity contribution in [1.29, 1.82) is 0 Å². The summed E-state index contributed by atoms with van der Waals surface area (Å²) in [6.45, 7) is 23.9. The summed E-state index contributed by atoms with van der Waals surface area (Å²) in [6.07, 6.45) is 0. The lowest BCUT2D eigenvalue weighted by molar-refractivity contribution is 0.0621. The Hall–Kier alpha value is 0.0644. The van der Waals surface area contributed by atoms with E-state index < -0.39 is 42.8 Å². The summed E-state index contributed by atoms with van der Waals surface area (Å²) in [6, 6.07) is 10.3. The molecule has 6 nitrogen and oxygen atoms in total. The Bertz CT molecular complexity index is 623. The number of benzene rings is 1. The van der Waals surface area contributed by atoms with E-state index in [9.17, 15) is 0 Å². The summed E-state index contributed by atoms with van der Waals surface area (Å²) < 4.78 is 39.0. The monoisotopic (exact) mass is 506 g/mol. The zero-order chi connectivity index (χ0) is 23.3. The molecular weight excluding hydrogens is 465 g/mol. The van der Waals surface area contributed by atoms with Crippen LogP contribution in [0, 0.1) is 0 Å². The SMILES string of the molecule is CCO[Si](C)(OCC)O[Si](O[Si](C)(C)C)(O[Si](C)(C)C)O[Si](C)(C)c1ccccc1. The van der Waals surface area contributed by atoms with Crippen molar-refractivity contribution >= 4 is 48.0 Å². The molecule has 11 heteroatoms. The number of hydrogen-bond acceptors (Lipinski definition) is 6. The Morgan fingerprint density at radius 1 is 0.600 bits per heavy atom. The van der Waals surface area contributed by atoms with Crippen LogP contribution in [-0.2, 0) is 25.3 Å². The van der Waals surface area contributed by atoms with E-state index in [0.29, 0.717) is 13.2 Å². The molecule has 0 spiro atoms. The molecule has 0 unspecified atom stereocenters. The van der Waals surface area contributed by atoms with Crippen molar-refractivity contribution < 1.29 is 25.3 Å². The fourth-order valence-electron chi connectivity index (χ4n) is 2.94. The first-order valence-electron chi connectivity index (χ1n) is 10.7. The Kier molecular flexibility index (Phi) is 10.1.